The van der Waals surface area contributed by atoms with Crippen molar-refractivity contribution >= 4 is 27.8 Å². The van der Waals surface area contributed by atoms with Crippen LogP contribution in [-0.2, 0) is 0 Å². The minimum Gasteiger partial charge on any atom is -0.348 e. The first-order chi connectivity index (χ1) is 6.73. The van der Waals surface area contributed by atoms with Crippen LogP contribution in [0.1, 0.15) is 12.5 Å². The van der Waals surface area contributed by atoms with Gasteiger partial charge in [0.05, 0.1) is 0 Å². The van der Waals surface area contributed by atoms with Gasteiger partial charge in [-0.2, -0.15) is 0 Å². The first-order valence-corrected chi connectivity index (χ1v) is 5.28. The van der Waals surface area contributed by atoms with Crippen LogP contribution in [0.15, 0.2) is 36.6 Å². The number of aromatic nitrogens is 1. The fourth-order valence-corrected chi connectivity index (χ4v) is 2.01. The molecule has 0 aromatic carbocycles. The Kier molecular flexibility index (Phi) is 2.42. The third-order valence-electron chi connectivity index (χ3n) is 2.06. The van der Waals surface area contributed by atoms with E-state index in [1.54, 1.807) is 6.20 Å². The van der Waals surface area contributed by atoms with E-state index in [4.69, 9.17) is 0 Å². The summed E-state index contributed by atoms with van der Waals surface area (Å²) in [5, 5.41) is 3.31. The number of hydrogen-bond acceptors (Lipinski definition) is 2. The lowest BCUT2D eigenvalue weighted by Gasteiger charge is -2.26. The van der Waals surface area contributed by atoms with Gasteiger partial charge in [-0.3, -0.25) is 0 Å². The van der Waals surface area contributed by atoms with Crippen LogP contribution < -0.4 is 5.32 Å². The predicted octanol–water partition coefficient (Wildman–Crippen LogP) is 3.19. The average molecular weight is 251 g/mol. The minimum atomic E-state index is -0.289. The molecule has 1 aliphatic rings. The number of anilines is 1. The molecule has 1 aromatic rings. The summed E-state index contributed by atoms with van der Waals surface area (Å²) in [5.41, 5.74) is 1.12. The molecule has 0 amide bonds. The number of fused-ring (bicyclic) bond motifs is 1. The van der Waals surface area contributed by atoms with Crippen molar-refractivity contribution in [3.63, 3.8) is 0 Å². The molecule has 1 atom stereocenters. The molecule has 0 radical (unpaired) electrons. The monoisotopic (exact) mass is 250 g/mol. The summed E-state index contributed by atoms with van der Waals surface area (Å²) in [6.45, 7) is 1.99. The zero-order valence-corrected chi connectivity index (χ0v) is 9.45. The van der Waals surface area contributed by atoms with Crippen LogP contribution in [0.5, 0.6) is 0 Å². The molecule has 72 valence electrons. The topological polar surface area (TPSA) is 24.9 Å². The molecule has 0 spiro atoms. The van der Waals surface area contributed by atoms with Gasteiger partial charge >= 0.3 is 0 Å². The lowest BCUT2D eigenvalue weighted by molar-refractivity contribution is 1.01. The third-order valence-corrected chi connectivity index (χ3v) is 2.79. The van der Waals surface area contributed by atoms with Crippen LogP contribution in [0.3, 0.4) is 0 Å². The second-order valence-corrected chi connectivity index (χ2v) is 4.48. The third kappa shape index (κ3) is 1.73. The molecular formula is C11H11BrN2. The van der Waals surface area contributed by atoms with Gasteiger partial charge in [0.1, 0.15) is 10.3 Å². The maximum absolute atomic E-state index is 4.27. The van der Waals surface area contributed by atoms with Gasteiger partial charge in [-0.15, -0.1) is 0 Å². The molecule has 14 heavy (non-hydrogen) atoms. The number of rotatable bonds is 1. The number of nitrogens with one attached hydrogen (secondary N) is 1. The lowest BCUT2D eigenvalue weighted by Crippen LogP contribution is -2.29. The van der Waals surface area contributed by atoms with E-state index in [2.05, 4.69) is 38.4 Å². The Balaban J connectivity index is 2.38. The first-order valence-electron chi connectivity index (χ1n) is 4.49. The van der Waals surface area contributed by atoms with E-state index in [0.717, 1.165) is 11.4 Å². The number of allylic oxidation sites excluding steroid dienone is 1. The summed E-state index contributed by atoms with van der Waals surface area (Å²) in [5.74, 6) is 0.907. The highest BCUT2D eigenvalue weighted by Crippen LogP contribution is 2.31. The molecule has 2 rings (SSSR count). The van der Waals surface area contributed by atoms with E-state index in [1.807, 2.05) is 31.2 Å². The second kappa shape index (κ2) is 3.58. The highest BCUT2D eigenvalue weighted by molar-refractivity contribution is 9.10. The second-order valence-electron chi connectivity index (χ2n) is 3.17. The van der Waals surface area contributed by atoms with Crippen molar-refractivity contribution in [2.24, 2.45) is 0 Å². The van der Waals surface area contributed by atoms with E-state index in [0.29, 0.717) is 0 Å². The molecule has 2 nitrogen and oxygen atoms in total. The van der Waals surface area contributed by atoms with Crippen molar-refractivity contribution in [3.8, 4) is 0 Å². The zero-order valence-electron chi connectivity index (χ0n) is 7.87. The van der Waals surface area contributed by atoms with Gasteiger partial charge in [-0.25, -0.2) is 4.98 Å². The molecule has 3 heteroatoms. The quantitative estimate of drug-likeness (QED) is 0.471. The highest BCUT2D eigenvalue weighted by Gasteiger charge is 2.23. The number of nitrogens with zero attached hydrogens (tertiary/aromatic N) is 1. The standard InChI is InChI=1S/C11H11BrN2/c1-2-6-11(12)7-5-9-4-3-8-13-10(9)14-11/h2-8H,1H3,(H,13,14). The summed E-state index contributed by atoms with van der Waals surface area (Å²) in [7, 11) is 0. The Hall–Kier alpha value is -1.09. The summed E-state index contributed by atoms with van der Waals surface area (Å²) in [6.07, 6.45) is 9.96. The van der Waals surface area contributed by atoms with Crippen molar-refractivity contribution in [3.05, 3.63) is 42.1 Å². The summed E-state index contributed by atoms with van der Waals surface area (Å²) < 4.78 is -0.289. The van der Waals surface area contributed by atoms with Crippen molar-refractivity contribution in [2.45, 2.75) is 11.4 Å². The van der Waals surface area contributed by atoms with Crippen LogP contribution in [0.25, 0.3) is 6.08 Å². The maximum atomic E-state index is 4.27. The van der Waals surface area contributed by atoms with Crippen LogP contribution in [-0.4, -0.2) is 9.43 Å². The number of alkyl halides is 1. The van der Waals surface area contributed by atoms with Gasteiger partial charge in [0.25, 0.3) is 0 Å². The predicted molar refractivity (Wildman–Crippen MR) is 63.4 cm³/mol. The number of halogens is 1. The van der Waals surface area contributed by atoms with E-state index < -0.39 is 0 Å². The molecule has 0 saturated carbocycles. The van der Waals surface area contributed by atoms with Crippen molar-refractivity contribution in [2.75, 3.05) is 5.32 Å². The summed E-state index contributed by atoms with van der Waals surface area (Å²) in [6, 6.07) is 3.97. The van der Waals surface area contributed by atoms with Crippen molar-refractivity contribution in [1.82, 2.24) is 4.98 Å². The zero-order chi connectivity index (χ0) is 10.0. The van der Waals surface area contributed by atoms with Gasteiger partial charge < -0.3 is 5.32 Å². The van der Waals surface area contributed by atoms with Gasteiger partial charge in [0.2, 0.25) is 0 Å². The van der Waals surface area contributed by atoms with E-state index in [-0.39, 0.29) is 4.45 Å². The molecule has 0 fully saturated rings. The first kappa shape index (κ1) is 9.46. The normalized spacial score (nSPS) is 24.7. The molecule has 1 unspecified atom stereocenters. The Morgan fingerprint density at radius 1 is 1.57 bits per heavy atom. The fraction of sp³-hybridized carbons (Fsp3) is 0.182. The largest absolute Gasteiger partial charge is 0.348 e. The molecule has 0 saturated heterocycles. The average Bonchev–Trinajstić information content (AvgIpc) is 2.17. The minimum absolute atomic E-state index is 0.289. The molecule has 2 heterocycles. The van der Waals surface area contributed by atoms with Gasteiger partial charge in [-0.1, -0.05) is 28.1 Å². The SMILES string of the molecule is CC=CC1(Br)C=Cc2cccnc2N1. The molecule has 1 N–H and O–H groups in total. The van der Waals surface area contributed by atoms with Gasteiger partial charge in [0.15, 0.2) is 0 Å². The van der Waals surface area contributed by atoms with Crippen LogP contribution in [0, 0.1) is 0 Å². The van der Waals surface area contributed by atoms with Crippen molar-refractivity contribution < 1.29 is 0 Å². The Labute approximate surface area is 91.9 Å². The Morgan fingerprint density at radius 3 is 3.21 bits per heavy atom. The summed E-state index contributed by atoms with van der Waals surface area (Å²) in [4.78, 5) is 4.27. The Bertz CT molecular complexity index is 398. The van der Waals surface area contributed by atoms with Gasteiger partial charge in [-0.05, 0) is 31.2 Å². The summed E-state index contributed by atoms with van der Waals surface area (Å²) >= 11 is 3.60. The lowest BCUT2D eigenvalue weighted by atomic mass is 10.1. The maximum Gasteiger partial charge on any atom is 0.134 e. The number of hydrogen-bond donors (Lipinski definition) is 1. The molecule has 0 bridgehead atoms. The smallest absolute Gasteiger partial charge is 0.134 e. The van der Waals surface area contributed by atoms with Crippen LogP contribution in [0.2, 0.25) is 0 Å². The molecule has 0 aliphatic carbocycles. The van der Waals surface area contributed by atoms with E-state index >= 15 is 0 Å². The molecule has 1 aromatic heterocycles. The van der Waals surface area contributed by atoms with Crippen LogP contribution >= 0.6 is 15.9 Å². The Morgan fingerprint density at radius 2 is 2.43 bits per heavy atom. The molecular weight excluding hydrogens is 240 g/mol. The van der Waals surface area contributed by atoms with E-state index in [9.17, 15) is 0 Å². The van der Waals surface area contributed by atoms with Gasteiger partial charge in [0, 0.05) is 11.8 Å². The van der Waals surface area contributed by atoms with Crippen molar-refractivity contribution in [1.29, 1.82) is 0 Å². The molecule has 1 aliphatic heterocycles. The fourth-order valence-electron chi connectivity index (χ4n) is 1.43. The number of pyridine rings is 1. The van der Waals surface area contributed by atoms with Crippen LogP contribution in [0.4, 0.5) is 5.82 Å². The van der Waals surface area contributed by atoms with E-state index in [1.165, 1.54) is 0 Å². The highest BCUT2D eigenvalue weighted by atomic mass is 79.9.